The number of halogens is 2. The van der Waals surface area contributed by atoms with E-state index < -0.39 is 10.3 Å². The summed E-state index contributed by atoms with van der Waals surface area (Å²) >= 11 is 11.3. The summed E-state index contributed by atoms with van der Waals surface area (Å²) in [4.78, 5) is 1.64. The molecule has 5 nitrogen and oxygen atoms in total. The molecule has 0 heterocycles. The third-order valence-electron chi connectivity index (χ3n) is 1.24. The first-order chi connectivity index (χ1) is 6.38. The molecule has 0 aromatic heterocycles. The predicted molar refractivity (Wildman–Crippen MR) is 54.8 cm³/mol. The molecule has 0 aliphatic heterocycles. The van der Waals surface area contributed by atoms with Crippen LogP contribution in [0.1, 0.15) is 0 Å². The van der Waals surface area contributed by atoms with Gasteiger partial charge < -0.3 is 5.43 Å². The van der Waals surface area contributed by atoms with E-state index in [1.807, 2.05) is 0 Å². The maximum Gasteiger partial charge on any atom is 0.350 e. The normalized spacial score (nSPS) is 11.4. The minimum atomic E-state index is -4.31. The number of benzene rings is 1. The molecule has 0 saturated heterocycles. The number of hydrogen-bond donors (Lipinski definition) is 3. The highest BCUT2D eigenvalue weighted by molar-refractivity contribution is 7.83. The van der Waals surface area contributed by atoms with Gasteiger partial charge in [0.1, 0.15) is 0 Å². The molecule has 14 heavy (non-hydrogen) atoms. The Bertz CT molecular complexity index is 435. The fraction of sp³-hybridized carbons (Fsp3) is 0. The highest BCUT2D eigenvalue weighted by atomic mass is 35.5. The molecular formula is C6H6Cl2N2O3S. The summed E-state index contributed by atoms with van der Waals surface area (Å²) in [7, 11) is -4.31. The molecule has 1 aromatic carbocycles. The zero-order valence-corrected chi connectivity index (χ0v) is 8.99. The van der Waals surface area contributed by atoms with Crippen molar-refractivity contribution < 1.29 is 13.0 Å². The third kappa shape index (κ3) is 3.69. The zero-order chi connectivity index (χ0) is 10.8. The lowest BCUT2D eigenvalue weighted by Crippen LogP contribution is -2.28. The van der Waals surface area contributed by atoms with E-state index in [1.165, 1.54) is 12.1 Å². The Morgan fingerprint density at radius 1 is 1.29 bits per heavy atom. The second-order valence-electron chi connectivity index (χ2n) is 2.33. The molecule has 0 spiro atoms. The summed E-state index contributed by atoms with van der Waals surface area (Å²) < 4.78 is 29.0. The van der Waals surface area contributed by atoms with E-state index in [2.05, 4.69) is 5.43 Å². The van der Waals surface area contributed by atoms with Gasteiger partial charge in [-0.1, -0.05) is 23.2 Å². The Hall–Kier alpha value is -0.530. The SMILES string of the molecule is O=S(=O)(O)NNc1cc(Cl)ccc1Cl. The van der Waals surface area contributed by atoms with E-state index in [-0.39, 0.29) is 10.7 Å². The van der Waals surface area contributed by atoms with Crippen molar-refractivity contribution in [2.75, 3.05) is 5.43 Å². The molecule has 3 N–H and O–H groups in total. The van der Waals surface area contributed by atoms with Crippen LogP contribution in [0.3, 0.4) is 0 Å². The average Bonchev–Trinajstić information content (AvgIpc) is 2.05. The standard InChI is InChI=1S/C6H6Cl2N2O3S/c7-4-1-2-5(8)6(3-4)9-10-14(11,12)13/h1-3,9-10H,(H,11,12,13). The lowest BCUT2D eigenvalue weighted by Gasteiger charge is -2.07. The highest BCUT2D eigenvalue weighted by Crippen LogP contribution is 2.24. The first-order valence-electron chi connectivity index (χ1n) is 3.34. The van der Waals surface area contributed by atoms with Crippen molar-refractivity contribution in [2.45, 2.75) is 0 Å². The van der Waals surface area contributed by atoms with Gasteiger partial charge >= 0.3 is 10.3 Å². The van der Waals surface area contributed by atoms with E-state index in [0.29, 0.717) is 5.02 Å². The van der Waals surface area contributed by atoms with Gasteiger partial charge in [0.2, 0.25) is 0 Å². The highest BCUT2D eigenvalue weighted by Gasteiger charge is 2.05. The summed E-state index contributed by atoms with van der Waals surface area (Å²) in [6.07, 6.45) is 0. The number of anilines is 1. The third-order valence-corrected chi connectivity index (χ3v) is 2.17. The van der Waals surface area contributed by atoms with E-state index in [1.54, 1.807) is 10.9 Å². The second kappa shape index (κ2) is 4.33. The average molecular weight is 257 g/mol. The van der Waals surface area contributed by atoms with Gasteiger partial charge in [0.05, 0.1) is 10.7 Å². The molecule has 0 saturated carbocycles. The van der Waals surface area contributed by atoms with Gasteiger partial charge in [-0.3, -0.25) is 4.55 Å². The number of hydrogen-bond acceptors (Lipinski definition) is 3. The molecule has 8 heteroatoms. The van der Waals surface area contributed by atoms with Gasteiger partial charge in [0.25, 0.3) is 0 Å². The Kier molecular flexibility index (Phi) is 3.57. The number of hydrazine groups is 1. The van der Waals surface area contributed by atoms with Crippen LogP contribution in [0.5, 0.6) is 0 Å². The molecule has 0 fully saturated rings. The smallest absolute Gasteiger partial charge is 0.305 e. The molecule has 0 radical (unpaired) electrons. The molecule has 0 aliphatic rings. The first-order valence-corrected chi connectivity index (χ1v) is 5.53. The minimum absolute atomic E-state index is 0.247. The van der Waals surface area contributed by atoms with E-state index >= 15 is 0 Å². The van der Waals surface area contributed by atoms with Crippen LogP contribution in [-0.2, 0) is 10.3 Å². The van der Waals surface area contributed by atoms with Crippen molar-refractivity contribution in [3.63, 3.8) is 0 Å². The van der Waals surface area contributed by atoms with Gasteiger partial charge in [0.15, 0.2) is 0 Å². The molecule has 1 aromatic rings. The fourth-order valence-corrected chi connectivity index (χ4v) is 1.29. The first kappa shape index (κ1) is 11.5. The molecule has 0 aliphatic carbocycles. The van der Waals surface area contributed by atoms with E-state index in [0.717, 1.165) is 0 Å². The van der Waals surface area contributed by atoms with Crippen LogP contribution in [0, 0.1) is 0 Å². The Labute approximate surface area is 90.9 Å². The lowest BCUT2D eigenvalue weighted by atomic mass is 10.3. The molecule has 0 unspecified atom stereocenters. The summed E-state index contributed by atoms with van der Waals surface area (Å²) in [6, 6.07) is 4.43. The van der Waals surface area contributed by atoms with Gasteiger partial charge in [-0.15, -0.1) is 4.83 Å². The van der Waals surface area contributed by atoms with E-state index in [4.69, 9.17) is 27.8 Å². The summed E-state index contributed by atoms with van der Waals surface area (Å²) in [5.74, 6) is 0. The summed E-state index contributed by atoms with van der Waals surface area (Å²) in [5, 5.41) is 0.652. The number of nitrogens with one attached hydrogen (secondary N) is 2. The Morgan fingerprint density at radius 3 is 2.50 bits per heavy atom. The van der Waals surface area contributed by atoms with Crippen LogP contribution in [-0.4, -0.2) is 13.0 Å². The summed E-state index contributed by atoms with van der Waals surface area (Å²) in [5.41, 5.74) is 2.44. The maximum atomic E-state index is 10.3. The van der Waals surface area contributed by atoms with Crippen LogP contribution in [0.25, 0.3) is 0 Å². The van der Waals surface area contributed by atoms with Crippen LogP contribution in [0.2, 0.25) is 10.0 Å². The van der Waals surface area contributed by atoms with Crippen LogP contribution in [0.4, 0.5) is 5.69 Å². The maximum absolute atomic E-state index is 10.3. The predicted octanol–water partition coefficient (Wildman–Crippen LogP) is 1.71. The summed E-state index contributed by atoms with van der Waals surface area (Å²) in [6.45, 7) is 0. The quantitative estimate of drug-likeness (QED) is 0.569. The van der Waals surface area contributed by atoms with Gasteiger partial charge in [0, 0.05) is 5.02 Å². The topological polar surface area (TPSA) is 78.4 Å². The second-order valence-corrected chi connectivity index (χ2v) is 4.32. The van der Waals surface area contributed by atoms with Crippen molar-refractivity contribution >= 4 is 39.2 Å². The van der Waals surface area contributed by atoms with Crippen LogP contribution >= 0.6 is 23.2 Å². The lowest BCUT2D eigenvalue weighted by molar-refractivity contribution is 0.473. The van der Waals surface area contributed by atoms with E-state index in [9.17, 15) is 8.42 Å². The molecule has 78 valence electrons. The largest absolute Gasteiger partial charge is 0.350 e. The Balaban J connectivity index is 2.81. The molecule has 0 bridgehead atoms. The van der Waals surface area contributed by atoms with Gasteiger partial charge in [-0.25, -0.2) is 0 Å². The van der Waals surface area contributed by atoms with Gasteiger partial charge in [-0.05, 0) is 18.2 Å². The van der Waals surface area contributed by atoms with Crippen molar-refractivity contribution in [1.82, 2.24) is 4.83 Å². The number of rotatable bonds is 3. The van der Waals surface area contributed by atoms with Crippen LogP contribution < -0.4 is 10.3 Å². The monoisotopic (exact) mass is 256 g/mol. The Morgan fingerprint density at radius 2 is 1.93 bits per heavy atom. The van der Waals surface area contributed by atoms with Crippen LogP contribution in [0.15, 0.2) is 18.2 Å². The molecule has 0 amide bonds. The molecular weight excluding hydrogens is 251 g/mol. The minimum Gasteiger partial charge on any atom is -0.305 e. The van der Waals surface area contributed by atoms with Crippen molar-refractivity contribution in [2.24, 2.45) is 0 Å². The van der Waals surface area contributed by atoms with Gasteiger partial charge in [-0.2, -0.15) is 8.42 Å². The zero-order valence-electron chi connectivity index (χ0n) is 6.66. The molecule has 1 rings (SSSR count). The molecule has 0 atom stereocenters. The fourth-order valence-electron chi connectivity index (χ4n) is 0.713. The van der Waals surface area contributed by atoms with Crippen molar-refractivity contribution in [3.05, 3.63) is 28.2 Å². The van der Waals surface area contributed by atoms with Crippen molar-refractivity contribution in [1.29, 1.82) is 0 Å². The van der Waals surface area contributed by atoms with Crippen molar-refractivity contribution in [3.8, 4) is 0 Å².